The molecule has 0 atom stereocenters. The first-order valence-corrected chi connectivity index (χ1v) is 9.45. The van der Waals surface area contributed by atoms with Crippen LogP contribution in [-0.4, -0.2) is 51.4 Å². The second-order valence-electron chi connectivity index (χ2n) is 7.16. The predicted octanol–water partition coefficient (Wildman–Crippen LogP) is 2.16. The zero-order chi connectivity index (χ0) is 17.8. The highest BCUT2D eigenvalue weighted by molar-refractivity contribution is 5.81. The van der Waals surface area contributed by atoms with Crippen molar-refractivity contribution in [3.05, 3.63) is 11.7 Å². The van der Waals surface area contributed by atoms with Gasteiger partial charge in [-0.2, -0.15) is 4.98 Å². The number of piperidine rings is 1. The third-order valence-electron chi connectivity index (χ3n) is 5.46. The van der Waals surface area contributed by atoms with Gasteiger partial charge in [0.25, 0.3) is 0 Å². The zero-order valence-corrected chi connectivity index (χ0v) is 15.2. The van der Waals surface area contributed by atoms with Crippen LogP contribution in [0.1, 0.15) is 57.2 Å². The largest absolute Gasteiger partial charge is 0.342 e. The number of likely N-dealkylation sites (tertiary alicyclic amines) is 1. The van der Waals surface area contributed by atoms with Crippen LogP contribution in [0.15, 0.2) is 4.52 Å². The summed E-state index contributed by atoms with van der Waals surface area (Å²) in [5.41, 5.74) is 0. The van der Waals surface area contributed by atoms with E-state index in [1.54, 1.807) is 11.8 Å². The fourth-order valence-corrected chi connectivity index (χ4v) is 3.96. The molecule has 1 aromatic rings. The molecule has 0 aromatic carbocycles. The molecule has 0 unspecified atom stereocenters. The Morgan fingerprint density at radius 1 is 1.16 bits per heavy atom. The standard InChI is InChI=1S/C18H28N4O3/c1-3-21(12-16-19-13(2)25-20-16)17(23)15-8-10-22(11-9-15)18(24)14-6-4-5-7-14/h14-15H,3-12H2,1-2H3. The number of hydrogen-bond acceptors (Lipinski definition) is 5. The normalized spacial score (nSPS) is 19.4. The van der Waals surface area contributed by atoms with Crippen LogP contribution < -0.4 is 0 Å². The van der Waals surface area contributed by atoms with Crippen LogP contribution in [0.5, 0.6) is 0 Å². The molecule has 1 saturated carbocycles. The predicted molar refractivity (Wildman–Crippen MR) is 91.4 cm³/mol. The number of carbonyl (C=O) groups is 2. The van der Waals surface area contributed by atoms with Crippen LogP contribution in [0.2, 0.25) is 0 Å². The first kappa shape index (κ1) is 17.9. The van der Waals surface area contributed by atoms with Crippen LogP contribution in [-0.2, 0) is 16.1 Å². The van der Waals surface area contributed by atoms with E-state index in [-0.39, 0.29) is 17.7 Å². The summed E-state index contributed by atoms with van der Waals surface area (Å²) in [4.78, 5) is 33.3. The summed E-state index contributed by atoms with van der Waals surface area (Å²) in [5, 5.41) is 3.88. The van der Waals surface area contributed by atoms with Crippen molar-refractivity contribution in [2.24, 2.45) is 11.8 Å². The smallest absolute Gasteiger partial charge is 0.226 e. The topological polar surface area (TPSA) is 79.5 Å². The van der Waals surface area contributed by atoms with Crippen LogP contribution in [0.4, 0.5) is 0 Å². The third kappa shape index (κ3) is 4.19. The Bertz CT molecular complexity index is 601. The van der Waals surface area contributed by atoms with E-state index >= 15 is 0 Å². The zero-order valence-electron chi connectivity index (χ0n) is 15.2. The van der Waals surface area contributed by atoms with Gasteiger partial charge in [0.15, 0.2) is 5.82 Å². The van der Waals surface area contributed by atoms with E-state index in [4.69, 9.17) is 4.52 Å². The molecule has 0 bridgehead atoms. The summed E-state index contributed by atoms with van der Waals surface area (Å²) in [5.74, 6) is 1.70. The van der Waals surface area contributed by atoms with E-state index in [9.17, 15) is 9.59 Å². The number of aromatic nitrogens is 2. The number of nitrogens with zero attached hydrogens (tertiary/aromatic N) is 4. The molecule has 138 valence electrons. The summed E-state index contributed by atoms with van der Waals surface area (Å²) in [6.45, 7) is 6.10. The van der Waals surface area contributed by atoms with Gasteiger partial charge < -0.3 is 14.3 Å². The molecule has 2 aliphatic rings. The number of amides is 2. The maximum Gasteiger partial charge on any atom is 0.226 e. The van der Waals surface area contributed by atoms with Gasteiger partial charge in [-0.3, -0.25) is 9.59 Å². The van der Waals surface area contributed by atoms with Gasteiger partial charge in [0.1, 0.15) is 0 Å². The minimum Gasteiger partial charge on any atom is -0.342 e. The molecule has 7 nitrogen and oxygen atoms in total. The van der Waals surface area contributed by atoms with Crippen molar-refractivity contribution >= 4 is 11.8 Å². The maximum atomic E-state index is 12.8. The van der Waals surface area contributed by atoms with E-state index in [2.05, 4.69) is 10.1 Å². The molecule has 2 fully saturated rings. The van der Waals surface area contributed by atoms with Crippen LogP contribution in [0.3, 0.4) is 0 Å². The van der Waals surface area contributed by atoms with E-state index in [0.29, 0.717) is 43.8 Å². The molecule has 7 heteroatoms. The molecule has 1 aliphatic carbocycles. The van der Waals surface area contributed by atoms with E-state index in [0.717, 1.165) is 25.7 Å². The number of rotatable bonds is 5. The van der Waals surface area contributed by atoms with Crippen molar-refractivity contribution in [3.63, 3.8) is 0 Å². The molecular formula is C18H28N4O3. The highest BCUT2D eigenvalue weighted by atomic mass is 16.5. The van der Waals surface area contributed by atoms with E-state index < -0.39 is 0 Å². The van der Waals surface area contributed by atoms with Gasteiger partial charge >= 0.3 is 0 Å². The Labute approximate surface area is 148 Å². The third-order valence-corrected chi connectivity index (χ3v) is 5.46. The first-order chi connectivity index (χ1) is 12.1. The van der Waals surface area contributed by atoms with Crippen LogP contribution >= 0.6 is 0 Å². The van der Waals surface area contributed by atoms with Crippen molar-refractivity contribution in [3.8, 4) is 0 Å². The Morgan fingerprint density at radius 3 is 2.40 bits per heavy atom. The summed E-state index contributed by atoms with van der Waals surface area (Å²) < 4.78 is 4.98. The molecule has 2 heterocycles. The van der Waals surface area contributed by atoms with Crippen molar-refractivity contribution < 1.29 is 14.1 Å². The van der Waals surface area contributed by atoms with Crippen LogP contribution in [0, 0.1) is 18.8 Å². The Hall–Kier alpha value is -1.92. The monoisotopic (exact) mass is 348 g/mol. The molecule has 2 amide bonds. The Kier molecular flexibility index (Phi) is 5.71. The van der Waals surface area contributed by atoms with E-state index in [1.165, 1.54) is 12.8 Å². The van der Waals surface area contributed by atoms with Gasteiger partial charge in [-0.05, 0) is 32.6 Å². The van der Waals surface area contributed by atoms with Crippen molar-refractivity contribution in [2.45, 2.75) is 58.9 Å². The highest BCUT2D eigenvalue weighted by Gasteiger charge is 2.33. The van der Waals surface area contributed by atoms with Crippen molar-refractivity contribution in [1.29, 1.82) is 0 Å². The fraction of sp³-hybridized carbons (Fsp3) is 0.778. The lowest BCUT2D eigenvalue weighted by Crippen LogP contribution is -2.45. The average molecular weight is 348 g/mol. The van der Waals surface area contributed by atoms with Gasteiger partial charge in [-0.1, -0.05) is 18.0 Å². The van der Waals surface area contributed by atoms with Gasteiger partial charge in [0.05, 0.1) is 6.54 Å². The molecule has 0 N–H and O–H groups in total. The fourth-order valence-electron chi connectivity index (χ4n) is 3.96. The Balaban J connectivity index is 1.52. The molecule has 3 rings (SSSR count). The lowest BCUT2D eigenvalue weighted by Gasteiger charge is -2.35. The molecule has 1 saturated heterocycles. The number of carbonyl (C=O) groups excluding carboxylic acids is 2. The highest BCUT2D eigenvalue weighted by Crippen LogP contribution is 2.29. The summed E-state index contributed by atoms with van der Waals surface area (Å²) in [6, 6.07) is 0. The molecule has 1 aliphatic heterocycles. The lowest BCUT2D eigenvalue weighted by atomic mass is 9.94. The maximum absolute atomic E-state index is 12.8. The summed E-state index contributed by atoms with van der Waals surface area (Å²) >= 11 is 0. The van der Waals surface area contributed by atoms with Gasteiger partial charge in [0.2, 0.25) is 17.7 Å². The number of hydrogen-bond donors (Lipinski definition) is 0. The van der Waals surface area contributed by atoms with Crippen molar-refractivity contribution in [2.75, 3.05) is 19.6 Å². The van der Waals surface area contributed by atoms with Gasteiger partial charge in [0, 0.05) is 38.4 Å². The second-order valence-corrected chi connectivity index (χ2v) is 7.16. The molecule has 0 radical (unpaired) electrons. The Morgan fingerprint density at radius 2 is 1.84 bits per heavy atom. The SMILES string of the molecule is CCN(Cc1noc(C)n1)C(=O)C1CCN(C(=O)C2CCCC2)CC1. The lowest BCUT2D eigenvalue weighted by molar-refractivity contribution is -0.142. The first-order valence-electron chi connectivity index (χ1n) is 9.45. The minimum absolute atomic E-state index is 0.0134. The van der Waals surface area contributed by atoms with Gasteiger partial charge in [-0.25, -0.2) is 0 Å². The van der Waals surface area contributed by atoms with Crippen LogP contribution in [0.25, 0.3) is 0 Å². The van der Waals surface area contributed by atoms with Crippen molar-refractivity contribution in [1.82, 2.24) is 19.9 Å². The molecule has 25 heavy (non-hydrogen) atoms. The molecule has 0 spiro atoms. The minimum atomic E-state index is -0.0134. The molecule has 1 aromatic heterocycles. The summed E-state index contributed by atoms with van der Waals surface area (Å²) in [7, 11) is 0. The second kappa shape index (κ2) is 7.97. The quantitative estimate of drug-likeness (QED) is 0.814. The molecular weight excluding hydrogens is 320 g/mol. The average Bonchev–Trinajstić information content (AvgIpc) is 3.30. The van der Waals surface area contributed by atoms with Gasteiger partial charge in [-0.15, -0.1) is 0 Å². The summed E-state index contributed by atoms with van der Waals surface area (Å²) in [6.07, 6.45) is 5.91. The number of aryl methyl sites for hydroxylation is 1. The van der Waals surface area contributed by atoms with E-state index in [1.807, 2.05) is 11.8 Å².